The van der Waals surface area contributed by atoms with Gasteiger partial charge in [-0.1, -0.05) is 6.92 Å². The zero-order chi connectivity index (χ0) is 12.8. The minimum Gasteiger partial charge on any atom is -0.354 e. The summed E-state index contributed by atoms with van der Waals surface area (Å²) in [5, 5.41) is 0. The molecule has 0 heterocycles. The Hall–Kier alpha value is -0.160. The van der Waals surface area contributed by atoms with Gasteiger partial charge in [0.15, 0.2) is 6.29 Å². The van der Waals surface area contributed by atoms with Crippen molar-refractivity contribution < 1.29 is 9.47 Å². The molecular weight excluding hydrogens is 204 g/mol. The van der Waals surface area contributed by atoms with E-state index >= 15 is 0 Å². The van der Waals surface area contributed by atoms with E-state index in [1.807, 2.05) is 0 Å². The molecule has 0 saturated carbocycles. The van der Waals surface area contributed by atoms with Gasteiger partial charge in [-0.2, -0.15) is 0 Å². The van der Waals surface area contributed by atoms with Crippen LogP contribution >= 0.6 is 0 Å². The molecule has 1 unspecified atom stereocenters. The second kappa shape index (κ2) is 7.22. The fourth-order valence-electron chi connectivity index (χ4n) is 2.30. The van der Waals surface area contributed by atoms with Gasteiger partial charge in [-0.15, -0.1) is 0 Å². The van der Waals surface area contributed by atoms with Crippen LogP contribution in [0.3, 0.4) is 0 Å². The number of hydrogen-bond acceptors (Lipinski definition) is 4. The molecule has 0 aromatic rings. The van der Waals surface area contributed by atoms with Crippen LogP contribution < -0.4 is 5.73 Å². The van der Waals surface area contributed by atoms with Crippen molar-refractivity contribution in [3.8, 4) is 0 Å². The van der Waals surface area contributed by atoms with Gasteiger partial charge in [0, 0.05) is 26.8 Å². The number of rotatable bonds is 8. The predicted molar refractivity (Wildman–Crippen MR) is 67.4 cm³/mol. The molecule has 0 bridgehead atoms. The van der Waals surface area contributed by atoms with E-state index in [9.17, 15) is 0 Å². The highest BCUT2D eigenvalue weighted by Gasteiger charge is 2.40. The molecule has 1 atom stereocenters. The quantitative estimate of drug-likeness (QED) is 0.643. The summed E-state index contributed by atoms with van der Waals surface area (Å²) in [7, 11) is 3.32. The topological polar surface area (TPSA) is 47.7 Å². The molecule has 0 radical (unpaired) electrons. The van der Waals surface area contributed by atoms with E-state index in [-0.39, 0.29) is 11.8 Å². The molecule has 98 valence electrons. The second-order valence-corrected chi connectivity index (χ2v) is 4.65. The molecule has 0 rings (SSSR count). The Balaban J connectivity index is 4.98. The van der Waals surface area contributed by atoms with E-state index in [1.165, 1.54) is 0 Å². The van der Waals surface area contributed by atoms with Crippen molar-refractivity contribution in [2.24, 2.45) is 5.73 Å². The van der Waals surface area contributed by atoms with Crippen LogP contribution in [0.15, 0.2) is 0 Å². The molecule has 16 heavy (non-hydrogen) atoms. The van der Waals surface area contributed by atoms with Crippen LogP contribution in [-0.2, 0) is 9.47 Å². The van der Waals surface area contributed by atoms with Gasteiger partial charge >= 0.3 is 0 Å². The molecule has 0 aliphatic heterocycles. The number of nitrogens with two attached hydrogens (primary N) is 1. The minimum atomic E-state index is -0.300. The highest BCUT2D eigenvalue weighted by atomic mass is 16.7. The molecule has 0 aromatic carbocycles. The summed E-state index contributed by atoms with van der Waals surface area (Å²) in [5.41, 5.74) is 5.64. The third kappa shape index (κ3) is 3.42. The van der Waals surface area contributed by atoms with Crippen molar-refractivity contribution >= 4 is 0 Å². The number of ether oxygens (including phenoxy) is 2. The highest BCUT2D eigenvalue weighted by Crippen LogP contribution is 2.24. The van der Waals surface area contributed by atoms with E-state index < -0.39 is 0 Å². The Bertz CT molecular complexity index is 184. The molecule has 0 spiro atoms. The fraction of sp³-hybridized carbons (Fsp3) is 1.00. The van der Waals surface area contributed by atoms with Gasteiger partial charge < -0.3 is 15.2 Å². The molecule has 2 N–H and O–H groups in total. The lowest BCUT2D eigenvalue weighted by Crippen LogP contribution is -2.62. The summed E-state index contributed by atoms with van der Waals surface area (Å²) in [5.74, 6) is 0. The van der Waals surface area contributed by atoms with Crippen molar-refractivity contribution in [1.29, 1.82) is 0 Å². The van der Waals surface area contributed by atoms with Crippen LogP contribution in [0.4, 0.5) is 0 Å². The average Bonchev–Trinajstić information content (AvgIpc) is 2.26. The summed E-state index contributed by atoms with van der Waals surface area (Å²) in [6.07, 6.45) is 0.792. The molecule has 4 nitrogen and oxygen atoms in total. The Morgan fingerprint density at radius 1 is 1.25 bits per heavy atom. The van der Waals surface area contributed by atoms with Crippen molar-refractivity contribution in [3.05, 3.63) is 0 Å². The lowest BCUT2D eigenvalue weighted by Gasteiger charge is -2.46. The fourth-order valence-corrected chi connectivity index (χ4v) is 2.30. The predicted octanol–water partition coefficient (Wildman–Crippen LogP) is 1.44. The smallest absolute Gasteiger partial charge is 0.176 e. The first kappa shape index (κ1) is 15.8. The van der Waals surface area contributed by atoms with Crippen LogP contribution in [0.25, 0.3) is 0 Å². The minimum absolute atomic E-state index is 0.284. The summed E-state index contributed by atoms with van der Waals surface area (Å²) in [6.45, 7) is 10.1. The number of methoxy groups -OCH3 is 2. The van der Waals surface area contributed by atoms with Crippen LogP contribution in [-0.4, -0.2) is 50.1 Å². The summed E-state index contributed by atoms with van der Waals surface area (Å²) < 4.78 is 10.8. The Labute approximate surface area is 100 Å². The maximum atomic E-state index is 5.93. The number of hydrogen-bond donors (Lipinski definition) is 1. The lowest BCUT2D eigenvalue weighted by atomic mass is 9.96. The van der Waals surface area contributed by atoms with E-state index in [4.69, 9.17) is 15.2 Å². The average molecular weight is 232 g/mol. The van der Waals surface area contributed by atoms with Crippen molar-refractivity contribution in [1.82, 2.24) is 4.90 Å². The maximum Gasteiger partial charge on any atom is 0.176 e. The van der Waals surface area contributed by atoms with Gasteiger partial charge in [0.2, 0.25) is 0 Å². The van der Waals surface area contributed by atoms with Crippen LogP contribution in [0, 0.1) is 0 Å². The first-order valence-electron chi connectivity index (χ1n) is 6.00. The van der Waals surface area contributed by atoms with Crippen LogP contribution in [0.2, 0.25) is 0 Å². The summed E-state index contributed by atoms with van der Waals surface area (Å²) >= 11 is 0. The molecule has 4 heteroatoms. The SMILES string of the molecule is CCCN(C(C)C)C(C)(CN)C(OC)OC. The Morgan fingerprint density at radius 3 is 2.00 bits per heavy atom. The van der Waals surface area contributed by atoms with Gasteiger partial charge in [-0.25, -0.2) is 0 Å². The maximum absolute atomic E-state index is 5.93. The van der Waals surface area contributed by atoms with E-state index in [1.54, 1.807) is 14.2 Å². The second-order valence-electron chi connectivity index (χ2n) is 4.65. The van der Waals surface area contributed by atoms with Crippen molar-refractivity contribution in [2.75, 3.05) is 27.3 Å². The van der Waals surface area contributed by atoms with E-state index in [0.717, 1.165) is 13.0 Å². The molecule has 0 aliphatic carbocycles. The first-order valence-corrected chi connectivity index (χ1v) is 6.00. The standard InChI is InChI=1S/C12H28N2O2/c1-7-8-14(10(2)3)12(4,9-13)11(15-5)16-6/h10-11H,7-9,13H2,1-6H3. The van der Waals surface area contributed by atoms with Gasteiger partial charge in [-0.05, 0) is 33.7 Å². The van der Waals surface area contributed by atoms with E-state index in [2.05, 4.69) is 32.6 Å². The highest BCUT2D eigenvalue weighted by molar-refractivity contribution is 4.92. The largest absolute Gasteiger partial charge is 0.354 e. The zero-order valence-corrected chi connectivity index (χ0v) is 11.6. The third-order valence-electron chi connectivity index (χ3n) is 3.09. The molecular formula is C12H28N2O2. The monoisotopic (exact) mass is 232 g/mol. The van der Waals surface area contributed by atoms with Crippen LogP contribution in [0.5, 0.6) is 0 Å². The molecule has 0 aromatic heterocycles. The van der Waals surface area contributed by atoms with Crippen molar-refractivity contribution in [3.63, 3.8) is 0 Å². The third-order valence-corrected chi connectivity index (χ3v) is 3.09. The molecule has 0 saturated heterocycles. The Morgan fingerprint density at radius 2 is 1.75 bits per heavy atom. The Kier molecular flexibility index (Phi) is 7.15. The molecule has 0 aliphatic rings. The lowest BCUT2D eigenvalue weighted by molar-refractivity contribution is -0.186. The molecule has 0 fully saturated rings. The van der Waals surface area contributed by atoms with Gasteiger partial charge in [-0.3, -0.25) is 4.90 Å². The normalized spacial score (nSPS) is 16.1. The van der Waals surface area contributed by atoms with Crippen LogP contribution in [0.1, 0.15) is 34.1 Å². The van der Waals surface area contributed by atoms with Gasteiger partial charge in [0.1, 0.15) is 0 Å². The molecule has 0 amide bonds. The van der Waals surface area contributed by atoms with Gasteiger partial charge in [0.05, 0.1) is 5.54 Å². The van der Waals surface area contributed by atoms with Crippen molar-refractivity contribution in [2.45, 2.75) is 52.0 Å². The van der Waals surface area contributed by atoms with E-state index in [0.29, 0.717) is 12.6 Å². The summed E-state index contributed by atoms with van der Waals surface area (Å²) in [6, 6.07) is 0.418. The summed E-state index contributed by atoms with van der Waals surface area (Å²) in [4.78, 5) is 2.35. The zero-order valence-electron chi connectivity index (χ0n) is 11.6. The first-order chi connectivity index (χ1) is 7.47. The van der Waals surface area contributed by atoms with Gasteiger partial charge in [0.25, 0.3) is 0 Å². The number of nitrogens with zero attached hydrogens (tertiary/aromatic N) is 1.